The van der Waals surface area contributed by atoms with Crippen molar-refractivity contribution in [1.29, 1.82) is 0 Å². The van der Waals surface area contributed by atoms with E-state index in [0.29, 0.717) is 28.6 Å². The molecule has 0 unspecified atom stereocenters. The maximum absolute atomic E-state index is 12.3. The Balaban J connectivity index is 2.02. The van der Waals surface area contributed by atoms with E-state index in [2.05, 4.69) is 10.3 Å². The molecule has 0 bridgehead atoms. The molecule has 3 rings (SSSR count). The molecule has 1 aliphatic heterocycles. The molecule has 1 heterocycles. The maximum atomic E-state index is 12.3. The Bertz CT molecular complexity index is 871. The predicted molar refractivity (Wildman–Crippen MR) is 95.2 cm³/mol. The Morgan fingerprint density at radius 1 is 0.960 bits per heavy atom. The van der Waals surface area contributed by atoms with Gasteiger partial charge < -0.3 is 19.5 Å². The van der Waals surface area contributed by atoms with E-state index < -0.39 is 0 Å². The molecule has 0 radical (unpaired) electrons. The largest absolute Gasteiger partial charge is 0.497 e. The number of rotatable bonds is 5. The van der Waals surface area contributed by atoms with Crippen LogP contribution in [0.5, 0.6) is 17.2 Å². The highest BCUT2D eigenvalue weighted by Crippen LogP contribution is 2.28. The minimum Gasteiger partial charge on any atom is -0.497 e. The second-order valence-corrected chi connectivity index (χ2v) is 5.25. The molecular weight excluding hydrogens is 320 g/mol. The third-order valence-electron chi connectivity index (χ3n) is 3.79. The van der Waals surface area contributed by atoms with Crippen molar-refractivity contribution in [2.24, 2.45) is 4.99 Å². The summed E-state index contributed by atoms with van der Waals surface area (Å²) in [5.74, 6) is 2.10. The number of para-hydroxylation sites is 1. The van der Waals surface area contributed by atoms with Gasteiger partial charge >= 0.3 is 0 Å². The smallest absolute Gasteiger partial charge is 0.275 e. The number of nitrogens with zero attached hydrogens (tertiary/aromatic N) is 1. The normalized spacial score (nSPS) is 14.9. The third kappa shape index (κ3) is 3.33. The second kappa shape index (κ2) is 7.09. The predicted octanol–water partition coefficient (Wildman–Crippen LogP) is 2.63. The molecule has 0 atom stereocenters. The summed E-state index contributed by atoms with van der Waals surface area (Å²) in [5, 5.41) is 2.77. The molecule has 1 amide bonds. The van der Waals surface area contributed by atoms with Gasteiger partial charge in [-0.15, -0.1) is 0 Å². The van der Waals surface area contributed by atoms with Gasteiger partial charge in [0, 0.05) is 5.56 Å². The Labute approximate surface area is 145 Å². The van der Waals surface area contributed by atoms with E-state index in [4.69, 9.17) is 14.2 Å². The van der Waals surface area contributed by atoms with Gasteiger partial charge in [0.05, 0.1) is 26.9 Å². The van der Waals surface area contributed by atoms with E-state index in [0.717, 1.165) is 5.56 Å². The highest BCUT2D eigenvalue weighted by atomic mass is 16.5. The number of hydrogen-bond donors (Lipinski definition) is 1. The van der Waals surface area contributed by atoms with Crippen LogP contribution >= 0.6 is 0 Å². The van der Waals surface area contributed by atoms with Crippen molar-refractivity contribution in [1.82, 2.24) is 5.32 Å². The lowest BCUT2D eigenvalue weighted by atomic mass is 10.1. The number of carbonyl (C=O) groups is 1. The third-order valence-corrected chi connectivity index (χ3v) is 3.79. The van der Waals surface area contributed by atoms with Gasteiger partial charge in [-0.2, -0.15) is 0 Å². The first-order valence-corrected chi connectivity index (χ1v) is 7.63. The number of benzene rings is 2. The molecule has 128 valence electrons. The second-order valence-electron chi connectivity index (χ2n) is 5.25. The lowest BCUT2D eigenvalue weighted by Gasteiger charge is -2.07. The number of amides is 1. The Morgan fingerprint density at radius 2 is 1.72 bits per heavy atom. The van der Waals surface area contributed by atoms with Crippen LogP contribution in [-0.4, -0.2) is 33.1 Å². The quantitative estimate of drug-likeness (QED) is 0.851. The van der Waals surface area contributed by atoms with Crippen molar-refractivity contribution in [3.63, 3.8) is 0 Å². The van der Waals surface area contributed by atoms with Crippen LogP contribution < -0.4 is 19.5 Å². The van der Waals surface area contributed by atoms with E-state index in [1.54, 1.807) is 45.6 Å². The van der Waals surface area contributed by atoms with Gasteiger partial charge in [0.1, 0.15) is 28.8 Å². The van der Waals surface area contributed by atoms with Crippen LogP contribution in [0.3, 0.4) is 0 Å². The summed E-state index contributed by atoms with van der Waals surface area (Å²) < 4.78 is 15.9. The van der Waals surface area contributed by atoms with Crippen LogP contribution in [0.4, 0.5) is 0 Å². The summed E-state index contributed by atoms with van der Waals surface area (Å²) in [7, 11) is 4.73. The van der Waals surface area contributed by atoms with Crippen LogP contribution in [0.15, 0.2) is 53.2 Å². The van der Waals surface area contributed by atoms with Crippen LogP contribution in [0.1, 0.15) is 11.1 Å². The van der Waals surface area contributed by atoms with Crippen molar-refractivity contribution < 1.29 is 19.0 Å². The molecule has 6 nitrogen and oxygen atoms in total. The number of nitrogens with one attached hydrogen (secondary N) is 1. The van der Waals surface area contributed by atoms with E-state index in [9.17, 15) is 4.79 Å². The number of methoxy groups -OCH3 is 3. The monoisotopic (exact) mass is 338 g/mol. The van der Waals surface area contributed by atoms with Crippen molar-refractivity contribution in [3.05, 3.63) is 59.3 Å². The van der Waals surface area contributed by atoms with Crippen LogP contribution in [0.2, 0.25) is 0 Å². The van der Waals surface area contributed by atoms with Crippen LogP contribution in [0.25, 0.3) is 6.08 Å². The molecule has 25 heavy (non-hydrogen) atoms. The van der Waals surface area contributed by atoms with Gasteiger partial charge in [-0.25, -0.2) is 4.99 Å². The van der Waals surface area contributed by atoms with Gasteiger partial charge in [0.15, 0.2) is 0 Å². The molecule has 0 saturated carbocycles. The first-order chi connectivity index (χ1) is 12.2. The summed E-state index contributed by atoms with van der Waals surface area (Å²) in [6.07, 6.45) is 1.67. The molecule has 2 aromatic rings. The van der Waals surface area contributed by atoms with Crippen LogP contribution in [0, 0.1) is 0 Å². The van der Waals surface area contributed by atoms with E-state index >= 15 is 0 Å². The van der Waals surface area contributed by atoms with Gasteiger partial charge in [-0.1, -0.05) is 12.1 Å². The lowest BCUT2D eigenvalue weighted by molar-refractivity contribution is -0.115. The Kier molecular flexibility index (Phi) is 4.70. The van der Waals surface area contributed by atoms with Crippen molar-refractivity contribution >= 4 is 17.8 Å². The first-order valence-electron chi connectivity index (χ1n) is 7.63. The molecule has 1 aliphatic rings. The molecule has 0 aliphatic carbocycles. The fourth-order valence-corrected chi connectivity index (χ4v) is 2.54. The number of hydrogen-bond acceptors (Lipinski definition) is 5. The number of carbonyl (C=O) groups excluding carboxylic acids is 1. The molecule has 0 fully saturated rings. The van der Waals surface area contributed by atoms with Crippen molar-refractivity contribution in [3.8, 4) is 17.2 Å². The van der Waals surface area contributed by atoms with E-state index in [-0.39, 0.29) is 11.6 Å². The highest BCUT2D eigenvalue weighted by Gasteiger charge is 2.23. The maximum Gasteiger partial charge on any atom is 0.275 e. The molecule has 0 aromatic heterocycles. The Morgan fingerprint density at radius 3 is 2.44 bits per heavy atom. The van der Waals surface area contributed by atoms with Crippen molar-refractivity contribution in [2.75, 3.05) is 21.3 Å². The molecular formula is C19H18N2O4. The average Bonchev–Trinajstić information content (AvgIpc) is 3.02. The summed E-state index contributed by atoms with van der Waals surface area (Å²) in [4.78, 5) is 16.7. The van der Waals surface area contributed by atoms with Crippen molar-refractivity contribution in [2.45, 2.75) is 0 Å². The summed E-state index contributed by atoms with van der Waals surface area (Å²) >= 11 is 0. The summed E-state index contributed by atoms with van der Waals surface area (Å²) in [5.41, 5.74) is 1.71. The number of ether oxygens (including phenoxy) is 3. The van der Waals surface area contributed by atoms with Crippen LogP contribution in [-0.2, 0) is 4.79 Å². The number of amidine groups is 1. The van der Waals surface area contributed by atoms with Gasteiger partial charge in [-0.3, -0.25) is 4.79 Å². The topological polar surface area (TPSA) is 69.2 Å². The minimum absolute atomic E-state index is 0.285. The Hall–Kier alpha value is -3.28. The van der Waals surface area contributed by atoms with E-state index in [1.165, 1.54) is 0 Å². The molecule has 1 N–H and O–H groups in total. The van der Waals surface area contributed by atoms with E-state index in [1.807, 2.05) is 24.3 Å². The molecule has 0 spiro atoms. The van der Waals surface area contributed by atoms with Gasteiger partial charge in [-0.05, 0) is 36.4 Å². The summed E-state index contributed by atoms with van der Waals surface area (Å²) in [6, 6.07) is 12.7. The zero-order valence-corrected chi connectivity index (χ0v) is 14.2. The first kappa shape index (κ1) is 16.6. The zero-order chi connectivity index (χ0) is 17.8. The fourth-order valence-electron chi connectivity index (χ4n) is 2.54. The van der Waals surface area contributed by atoms with Gasteiger partial charge in [0.2, 0.25) is 0 Å². The van der Waals surface area contributed by atoms with Gasteiger partial charge in [0.25, 0.3) is 5.91 Å². The zero-order valence-electron chi connectivity index (χ0n) is 14.2. The molecule has 6 heteroatoms. The highest BCUT2D eigenvalue weighted by molar-refractivity contribution is 6.20. The molecule has 2 aromatic carbocycles. The average molecular weight is 338 g/mol. The number of aliphatic imine (C=N–C) groups is 1. The molecule has 0 saturated heterocycles. The minimum atomic E-state index is -0.286. The fraction of sp³-hybridized carbons (Fsp3) is 0.158. The SMILES string of the molecule is COc1ccc(OC)c(/C=C2\N=C(c3ccccc3OC)NC2=O)c1. The lowest BCUT2D eigenvalue weighted by Crippen LogP contribution is -2.25. The summed E-state index contributed by atoms with van der Waals surface area (Å²) in [6.45, 7) is 0. The standard InChI is InChI=1S/C19H18N2O4/c1-23-13-8-9-16(24-2)12(10-13)11-15-19(22)21-18(20-15)14-6-4-5-7-17(14)25-3/h4-11H,1-3H3,(H,20,21,22)/b15-11-.